The van der Waals surface area contributed by atoms with E-state index in [1.165, 1.54) is 17.8 Å². The monoisotopic (exact) mass is 364 g/mol. The van der Waals surface area contributed by atoms with Crippen LogP contribution in [0.25, 0.3) is 0 Å². The molecule has 0 aliphatic heterocycles. The van der Waals surface area contributed by atoms with E-state index in [0.717, 1.165) is 18.5 Å². The zero-order valence-corrected chi connectivity index (χ0v) is 14.9. The number of aromatic amines is 1. The van der Waals surface area contributed by atoms with Crippen LogP contribution in [-0.2, 0) is 23.2 Å². The van der Waals surface area contributed by atoms with Crippen molar-refractivity contribution < 1.29 is 9.53 Å². The number of H-pyrrole nitrogens is 1. The highest BCUT2D eigenvalue weighted by molar-refractivity contribution is 7.99. The predicted molar refractivity (Wildman–Crippen MR) is 91.2 cm³/mol. The minimum Gasteiger partial charge on any atom is -0.377 e. The van der Waals surface area contributed by atoms with E-state index in [-0.39, 0.29) is 30.0 Å². The van der Waals surface area contributed by atoms with Crippen molar-refractivity contribution in [1.82, 2.24) is 30.0 Å². The Hall–Kier alpha value is -2.20. The first-order valence-electron chi connectivity index (χ1n) is 7.90. The van der Waals surface area contributed by atoms with Crippen molar-refractivity contribution >= 4 is 17.7 Å². The number of carbonyl (C=O) groups excluding carboxylic acids is 1. The van der Waals surface area contributed by atoms with Crippen LogP contribution in [0.15, 0.2) is 22.3 Å². The van der Waals surface area contributed by atoms with Crippen LogP contribution in [0.5, 0.6) is 0 Å². The molecular weight excluding hydrogens is 344 g/mol. The maximum Gasteiger partial charge on any atom is 0.251 e. The second kappa shape index (κ2) is 7.79. The zero-order chi connectivity index (χ0) is 17.8. The lowest BCUT2D eigenvalue weighted by molar-refractivity contribution is -0.119. The van der Waals surface area contributed by atoms with E-state index in [1.807, 2.05) is 7.05 Å². The van der Waals surface area contributed by atoms with Crippen molar-refractivity contribution in [1.29, 1.82) is 0 Å². The van der Waals surface area contributed by atoms with Gasteiger partial charge in [0, 0.05) is 32.2 Å². The summed E-state index contributed by atoms with van der Waals surface area (Å²) in [6.07, 6.45) is 3.16. The molecule has 2 heterocycles. The van der Waals surface area contributed by atoms with Gasteiger partial charge in [0.2, 0.25) is 5.91 Å². The number of rotatable bonds is 7. The van der Waals surface area contributed by atoms with E-state index < -0.39 is 0 Å². The van der Waals surface area contributed by atoms with E-state index in [0.29, 0.717) is 16.7 Å². The Morgan fingerprint density at radius 2 is 2.32 bits per heavy atom. The van der Waals surface area contributed by atoms with Crippen molar-refractivity contribution in [2.24, 2.45) is 7.05 Å². The number of aryl methyl sites for hydroxylation is 1. The van der Waals surface area contributed by atoms with E-state index in [1.54, 1.807) is 18.0 Å². The lowest BCUT2D eigenvalue weighted by Crippen LogP contribution is -2.44. The van der Waals surface area contributed by atoms with Gasteiger partial charge >= 0.3 is 0 Å². The smallest absolute Gasteiger partial charge is 0.251 e. The molecule has 0 aromatic carbocycles. The molecule has 134 valence electrons. The molecular formula is C15H20N6O3S. The summed E-state index contributed by atoms with van der Waals surface area (Å²) in [6, 6.07) is 1.63. The molecule has 2 aromatic rings. The van der Waals surface area contributed by atoms with Gasteiger partial charge in [-0.3, -0.25) is 9.59 Å². The number of hydrogen-bond acceptors (Lipinski definition) is 7. The SMILES string of the molecule is COCc1nc(C2CC(NC(=O)CSc3nncn3C)C2)cc(=O)[nH]1. The third-order valence-corrected chi connectivity index (χ3v) is 5.05. The minimum absolute atomic E-state index is 0.0320. The molecule has 10 heteroatoms. The molecule has 0 bridgehead atoms. The number of nitrogens with zero attached hydrogens (tertiary/aromatic N) is 4. The van der Waals surface area contributed by atoms with E-state index in [2.05, 4.69) is 25.5 Å². The number of amides is 1. The van der Waals surface area contributed by atoms with Crippen LogP contribution in [-0.4, -0.2) is 49.5 Å². The Morgan fingerprint density at radius 1 is 1.52 bits per heavy atom. The lowest BCUT2D eigenvalue weighted by atomic mass is 9.78. The fourth-order valence-electron chi connectivity index (χ4n) is 2.72. The average Bonchev–Trinajstić information content (AvgIpc) is 2.93. The quantitative estimate of drug-likeness (QED) is 0.674. The second-order valence-corrected chi connectivity index (χ2v) is 6.94. The number of hydrogen-bond donors (Lipinski definition) is 2. The van der Waals surface area contributed by atoms with Crippen molar-refractivity contribution in [2.75, 3.05) is 12.9 Å². The first-order chi connectivity index (χ1) is 12.0. The molecule has 0 saturated heterocycles. The molecule has 1 aliphatic rings. The van der Waals surface area contributed by atoms with Gasteiger partial charge in [0.15, 0.2) is 5.16 Å². The van der Waals surface area contributed by atoms with Crippen molar-refractivity contribution in [2.45, 2.75) is 36.6 Å². The van der Waals surface area contributed by atoms with Crippen LogP contribution >= 0.6 is 11.8 Å². The molecule has 2 N–H and O–H groups in total. The predicted octanol–water partition coefficient (Wildman–Crippen LogP) is 0.199. The molecule has 1 saturated carbocycles. The third kappa shape index (κ3) is 4.45. The van der Waals surface area contributed by atoms with Gasteiger partial charge in [0.25, 0.3) is 5.56 Å². The maximum absolute atomic E-state index is 12.0. The van der Waals surface area contributed by atoms with Crippen LogP contribution in [0.3, 0.4) is 0 Å². The van der Waals surface area contributed by atoms with Gasteiger partial charge in [-0.15, -0.1) is 10.2 Å². The Morgan fingerprint density at radius 3 is 3.00 bits per heavy atom. The van der Waals surface area contributed by atoms with Crippen molar-refractivity contribution in [3.63, 3.8) is 0 Å². The number of methoxy groups -OCH3 is 1. The van der Waals surface area contributed by atoms with Crippen LogP contribution in [0, 0.1) is 0 Å². The maximum atomic E-state index is 12.0. The highest BCUT2D eigenvalue weighted by Gasteiger charge is 2.32. The molecule has 3 rings (SSSR count). The van der Waals surface area contributed by atoms with Crippen LogP contribution in [0.1, 0.15) is 30.3 Å². The molecule has 0 atom stereocenters. The Balaban J connectivity index is 1.47. The molecule has 0 unspecified atom stereocenters. The summed E-state index contributed by atoms with van der Waals surface area (Å²) in [5.41, 5.74) is 0.583. The van der Waals surface area contributed by atoms with Crippen molar-refractivity contribution in [3.05, 3.63) is 34.3 Å². The molecule has 25 heavy (non-hydrogen) atoms. The number of carbonyl (C=O) groups is 1. The lowest BCUT2D eigenvalue weighted by Gasteiger charge is -2.35. The minimum atomic E-state index is -0.176. The first-order valence-corrected chi connectivity index (χ1v) is 8.89. The number of thioether (sulfide) groups is 1. The first kappa shape index (κ1) is 17.6. The Kier molecular flexibility index (Phi) is 5.49. The summed E-state index contributed by atoms with van der Waals surface area (Å²) in [4.78, 5) is 30.8. The van der Waals surface area contributed by atoms with Gasteiger partial charge in [-0.2, -0.15) is 0 Å². The van der Waals surface area contributed by atoms with Gasteiger partial charge in [-0.05, 0) is 12.8 Å². The summed E-state index contributed by atoms with van der Waals surface area (Å²) in [7, 11) is 3.39. The normalized spacial score (nSPS) is 19.4. The highest BCUT2D eigenvalue weighted by atomic mass is 32.2. The van der Waals surface area contributed by atoms with Gasteiger partial charge in [0.05, 0.1) is 11.4 Å². The number of ether oxygens (including phenoxy) is 1. The topological polar surface area (TPSA) is 115 Å². The van der Waals surface area contributed by atoms with Crippen LogP contribution < -0.4 is 10.9 Å². The molecule has 0 radical (unpaired) electrons. The molecule has 1 amide bonds. The summed E-state index contributed by atoms with van der Waals surface area (Å²) in [5, 5.41) is 11.4. The summed E-state index contributed by atoms with van der Waals surface area (Å²) in [5.74, 6) is 0.983. The van der Waals surface area contributed by atoms with Crippen LogP contribution in [0.2, 0.25) is 0 Å². The largest absolute Gasteiger partial charge is 0.377 e. The molecule has 1 aliphatic carbocycles. The van der Waals surface area contributed by atoms with E-state index in [9.17, 15) is 9.59 Å². The summed E-state index contributed by atoms with van der Waals surface area (Å²) >= 11 is 1.35. The van der Waals surface area contributed by atoms with E-state index >= 15 is 0 Å². The number of aromatic nitrogens is 5. The molecule has 2 aromatic heterocycles. The number of nitrogens with one attached hydrogen (secondary N) is 2. The Labute approximate surface area is 148 Å². The fourth-order valence-corrected chi connectivity index (χ4v) is 3.42. The molecule has 9 nitrogen and oxygen atoms in total. The van der Waals surface area contributed by atoms with Gasteiger partial charge in [-0.1, -0.05) is 11.8 Å². The zero-order valence-electron chi connectivity index (χ0n) is 14.1. The van der Waals surface area contributed by atoms with Crippen molar-refractivity contribution in [3.8, 4) is 0 Å². The molecule has 1 fully saturated rings. The van der Waals surface area contributed by atoms with Gasteiger partial charge in [-0.25, -0.2) is 4.98 Å². The van der Waals surface area contributed by atoms with Gasteiger partial charge < -0.3 is 19.6 Å². The third-order valence-electron chi connectivity index (χ3n) is 4.02. The Bertz CT molecular complexity index is 799. The summed E-state index contributed by atoms with van der Waals surface area (Å²) < 4.78 is 6.78. The van der Waals surface area contributed by atoms with Gasteiger partial charge in [0.1, 0.15) is 18.8 Å². The van der Waals surface area contributed by atoms with E-state index in [4.69, 9.17) is 4.74 Å². The molecule has 0 spiro atoms. The standard InChI is InChI=1S/C15H20N6O3S/c1-21-8-16-20-15(21)25-7-14(23)17-10-3-9(4-10)11-5-13(22)19-12(18-11)6-24-2/h5,8-10H,3-4,6-7H2,1-2H3,(H,17,23)(H,18,19,22). The average molecular weight is 364 g/mol. The second-order valence-electron chi connectivity index (χ2n) is 6.00. The fraction of sp³-hybridized carbons (Fsp3) is 0.533. The van der Waals surface area contributed by atoms with Crippen LogP contribution in [0.4, 0.5) is 0 Å². The summed E-state index contributed by atoms with van der Waals surface area (Å²) in [6.45, 7) is 0.273. The highest BCUT2D eigenvalue weighted by Crippen LogP contribution is 2.35.